The van der Waals surface area contributed by atoms with Gasteiger partial charge in [0.25, 0.3) is 5.91 Å². The van der Waals surface area contributed by atoms with Gasteiger partial charge in [-0.2, -0.15) is 0 Å². The maximum Gasteiger partial charge on any atom is 0.254 e. The highest BCUT2D eigenvalue weighted by molar-refractivity contribution is 14.1. The summed E-state index contributed by atoms with van der Waals surface area (Å²) in [4.78, 5) is 16.7. The van der Waals surface area contributed by atoms with Gasteiger partial charge in [-0.05, 0) is 73.8 Å². The van der Waals surface area contributed by atoms with E-state index in [1.165, 1.54) is 12.1 Å². The fraction of sp³-hybridized carbons (Fsp3) is 0.562. The molecule has 0 N–H and O–H groups in total. The van der Waals surface area contributed by atoms with Gasteiger partial charge in [-0.1, -0.05) is 13.8 Å². The number of benzene rings is 1. The van der Waals surface area contributed by atoms with E-state index in [0.29, 0.717) is 15.7 Å². The first-order valence-corrected chi connectivity index (χ1v) is 8.57. The normalized spacial score (nSPS) is 11.0. The average Bonchev–Trinajstić information content (AvgIpc) is 2.47. The largest absolute Gasteiger partial charge is 0.339 e. The number of hydrogen-bond donors (Lipinski definition) is 0. The molecule has 3 nitrogen and oxygen atoms in total. The standard InChI is InChI=1S/C16H24FIN2O/c1-4-19(5-2)10-7-11-20(6-3)16(21)14-9-8-13(17)12-15(14)18/h8-9,12H,4-7,10-11H2,1-3H3. The lowest BCUT2D eigenvalue weighted by Crippen LogP contribution is -2.34. The molecule has 0 saturated heterocycles. The minimum absolute atomic E-state index is 0.0125. The number of halogens is 2. The summed E-state index contributed by atoms with van der Waals surface area (Å²) >= 11 is 2.02. The SMILES string of the molecule is CCN(CC)CCCN(CC)C(=O)c1ccc(F)cc1I. The van der Waals surface area contributed by atoms with Crippen molar-refractivity contribution >= 4 is 28.5 Å². The highest BCUT2D eigenvalue weighted by Gasteiger charge is 2.17. The first-order valence-electron chi connectivity index (χ1n) is 7.50. The van der Waals surface area contributed by atoms with Gasteiger partial charge < -0.3 is 9.80 Å². The van der Waals surface area contributed by atoms with Crippen molar-refractivity contribution < 1.29 is 9.18 Å². The molecule has 0 spiro atoms. The summed E-state index contributed by atoms with van der Waals surface area (Å²) in [6.07, 6.45) is 0.957. The summed E-state index contributed by atoms with van der Waals surface area (Å²) < 4.78 is 13.8. The monoisotopic (exact) mass is 406 g/mol. The number of carbonyl (C=O) groups is 1. The van der Waals surface area contributed by atoms with Crippen molar-refractivity contribution in [2.45, 2.75) is 27.2 Å². The quantitative estimate of drug-likeness (QED) is 0.616. The molecular formula is C16H24FIN2O. The summed E-state index contributed by atoms with van der Waals surface area (Å²) in [5.41, 5.74) is 0.585. The van der Waals surface area contributed by atoms with Crippen LogP contribution in [0.4, 0.5) is 4.39 Å². The molecule has 0 saturated carbocycles. The number of nitrogens with zero attached hydrogens (tertiary/aromatic N) is 2. The van der Waals surface area contributed by atoms with Crippen molar-refractivity contribution in [1.29, 1.82) is 0 Å². The van der Waals surface area contributed by atoms with Gasteiger partial charge in [-0.3, -0.25) is 4.79 Å². The molecule has 0 aromatic heterocycles. The molecule has 0 radical (unpaired) electrons. The molecule has 0 unspecified atom stereocenters. The van der Waals surface area contributed by atoms with Gasteiger partial charge in [0.15, 0.2) is 0 Å². The molecule has 0 aliphatic heterocycles. The van der Waals surface area contributed by atoms with Crippen LogP contribution in [-0.2, 0) is 0 Å². The molecule has 1 amide bonds. The van der Waals surface area contributed by atoms with E-state index < -0.39 is 0 Å². The van der Waals surface area contributed by atoms with E-state index in [0.717, 1.165) is 32.6 Å². The Morgan fingerprint density at radius 1 is 1.14 bits per heavy atom. The molecule has 0 heterocycles. The van der Waals surface area contributed by atoms with Gasteiger partial charge in [0.1, 0.15) is 5.82 Å². The first-order chi connectivity index (χ1) is 10.0. The van der Waals surface area contributed by atoms with Crippen LogP contribution in [0.25, 0.3) is 0 Å². The Morgan fingerprint density at radius 3 is 2.33 bits per heavy atom. The average molecular weight is 406 g/mol. The maximum absolute atomic E-state index is 13.1. The summed E-state index contributed by atoms with van der Waals surface area (Å²) in [6.45, 7) is 10.7. The van der Waals surface area contributed by atoms with E-state index in [4.69, 9.17) is 0 Å². The summed E-state index contributed by atoms with van der Waals surface area (Å²) in [5.74, 6) is -0.318. The van der Waals surface area contributed by atoms with Crippen molar-refractivity contribution in [2.75, 3.05) is 32.7 Å². The van der Waals surface area contributed by atoms with Gasteiger partial charge in [-0.25, -0.2) is 4.39 Å². The molecule has 0 aliphatic carbocycles. The first kappa shape index (κ1) is 18.4. The van der Waals surface area contributed by atoms with Crippen molar-refractivity contribution in [3.8, 4) is 0 Å². The maximum atomic E-state index is 13.1. The predicted molar refractivity (Wildman–Crippen MR) is 93.1 cm³/mol. The van der Waals surface area contributed by atoms with E-state index >= 15 is 0 Å². The van der Waals surface area contributed by atoms with Crippen LogP contribution in [0.5, 0.6) is 0 Å². The van der Waals surface area contributed by atoms with E-state index in [1.807, 2.05) is 34.4 Å². The molecule has 21 heavy (non-hydrogen) atoms. The predicted octanol–water partition coefficient (Wildman–Crippen LogP) is 3.62. The van der Waals surface area contributed by atoms with Gasteiger partial charge in [0.05, 0.1) is 5.56 Å². The molecule has 1 rings (SSSR count). The van der Waals surface area contributed by atoms with Crippen LogP contribution in [0.2, 0.25) is 0 Å². The van der Waals surface area contributed by atoms with Crippen LogP contribution in [0, 0.1) is 9.39 Å². The van der Waals surface area contributed by atoms with Crippen LogP contribution in [0.1, 0.15) is 37.6 Å². The third kappa shape index (κ3) is 5.54. The van der Waals surface area contributed by atoms with Gasteiger partial charge in [-0.15, -0.1) is 0 Å². The molecule has 0 aliphatic rings. The van der Waals surface area contributed by atoms with Gasteiger partial charge in [0.2, 0.25) is 0 Å². The number of amides is 1. The zero-order valence-corrected chi connectivity index (χ0v) is 15.2. The number of carbonyl (C=O) groups excluding carboxylic acids is 1. The molecule has 0 fully saturated rings. The minimum Gasteiger partial charge on any atom is -0.339 e. The van der Waals surface area contributed by atoms with E-state index in [2.05, 4.69) is 18.7 Å². The second-order valence-corrected chi connectivity index (χ2v) is 6.05. The Labute approximate surface area is 140 Å². The second kappa shape index (κ2) is 9.35. The van der Waals surface area contributed by atoms with Crippen molar-refractivity contribution in [2.24, 2.45) is 0 Å². The Hall–Kier alpha value is -0.690. The van der Waals surface area contributed by atoms with E-state index in [-0.39, 0.29) is 11.7 Å². The fourth-order valence-corrected chi connectivity index (χ4v) is 2.97. The summed E-state index contributed by atoms with van der Waals surface area (Å²) in [6, 6.07) is 4.32. The van der Waals surface area contributed by atoms with Crippen molar-refractivity contribution in [3.63, 3.8) is 0 Å². The zero-order chi connectivity index (χ0) is 15.8. The second-order valence-electron chi connectivity index (χ2n) is 4.89. The zero-order valence-electron chi connectivity index (χ0n) is 13.0. The third-order valence-electron chi connectivity index (χ3n) is 3.63. The lowest BCUT2D eigenvalue weighted by Gasteiger charge is -2.24. The molecule has 5 heteroatoms. The summed E-state index contributed by atoms with van der Waals surface area (Å²) in [7, 11) is 0. The minimum atomic E-state index is -0.305. The fourth-order valence-electron chi connectivity index (χ4n) is 2.26. The lowest BCUT2D eigenvalue weighted by molar-refractivity contribution is 0.0756. The number of hydrogen-bond acceptors (Lipinski definition) is 2. The topological polar surface area (TPSA) is 23.6 Å². The van der Waals surface area contributed by atoms with E-state index in [9.17, 15) is 9.18 Å². The Kier molecular flexibility index (Phi) is 8.18. The molecule has 0 atom stereocenters. The highest BCUT2D eigenvalue weighted by Crippen LogP contribution is 2.16. The van der Waals surface area contributed by atoms with Crippen LogP contribution < -0.4 is 0 Å². The molecule has 0 bridgehead atoms. The summed E-state index contributed by atoms with van der Waals surface area (Å²) in [5, 5.41) is 0. The molecular weight excluding hydrogens is 382 g/mol. The number of rotatable bonds is 8. The van der Waals surface area contributed by atoms with E-state index in [1.54, 1.807) is 6.07 Å². The smallest absolute Gasteiger partial charge is 0.254 e. The van der Waals surface area contributed by atoms with Gasteiger partial charge >= 0.3 is 0 Å². The van der Waals surface area contributed by atoms with Crippen LogP contribution in [-0.4, -0.2) is 48.4 Å². The Morgan fingerprint density at radius 2 is 1.81 bits per heavy atom. The van der Waals surface area contributed by atoms with Gasteiger partial charge in [0, 0.05) is 16.7 Å². The van der Waals surface area contributed by atoms with Crippen molar-refractivity contribution in [3.05, 3.63) is 33.1 Å². The Balaban J connectivity index is 2.64. The molecule has 118 valence electrons. The van der Waals surface area contributed by atoms with Crippen molar-refractivity contribution in [1.82, 2.24) is 9.80 Å². The van der Waals surface area contributed by atoms with Crippen LogP contribution >= 0.6 is 22.6 Å². The molecule has 1 aromatic rings. The third-order valence-corrected chi connectivity index (χ3v) is 4.52. The van der Waals surface area contributed by atoms with Crippen LogP contribution in [0.15, 0.2) is 18.2 Å². The Bertz CT molecular complexity index is 464. The lowest BCUT2D eigenvalue weighted by atomic mass is 10.2. The van der Waals surface area contributed by atoms with Crippen LogP contribution in [0.3, 0.4) is 0 Å². The molecule has 1 aromatic carbocycles. The highest BCUT2D eigenvalue weighted by atomic mass is 127.